The fourth-order valence-electron chi connectivity index (χ4n) is 1.37. The molecule has 2 rings (SSSR count). The quantitative estimate of drug-likeness (QED) is 0.888. The maximum absolute atomic E-state index is 13.4. The Morgan fingerprint density at radius 3 is 3.00 bits per heavy atom. The van der Waals surface area contributed by atoms with E-state index in [0.717, 1.165) is 0 Å². The van der Waals surface area contributed by atoms with Crippen molar-refractivity contribution in [2.45, 2.75) is 13.2 Å². The first-order valence-corrected chi connectivity index (χ1v) is 5.00. The zero-order valence-electron chi connectivity index (χ0n) is 8.27. The Labute approximate surface area is 96.3 Å². The summed E-state index contributed by atoms with van der Waals surface area (Å²) in [6.45, 7) is -0.0372. The van der Waals surface area contributed by atoms with Crippen LogP contribution in [0.15, 0.2) is 24.5 Å². The number of hydrogen-bond donors (Lipinski definition) is 1. The van der Waals surface area contributed by atoms with Crippen LogP contribution < -0.4 is 0 Å². The van der Waals surface area contributed by atoms with E-state index >= 15 is 0 Å². The lowest BCUT2D eigenvalue weighted by Gasteiger charge is -2.06. The maximum Gasteiger partial charge on any atom is 0.152 e. The number of aliphatic hydroxyl groups is 1. The molecule has 4 nitrogen and oxygen atoms in total. The second-order valence-electron chi connectivity index (χ2n) is 3.23. The van der Waals surface area contributed by atoms with Gasteiger partial charge in [0.1, 0.15) is 18.8 Å². The number of aliphatic hydroxyl groups excluding tert-OH is 1. The van der Waals surface area contributed by atoms with Gasteiger partial charge in [-0.3, -0.25) is 0 Å². The zero-order chi connectivity index (χ0) is 11.5. The van der Waals surface area contributed by atoms with Gasteiger partial charge in [0.15, 0.2) is 5.82 Å². The van der Waals surface area contributed by atoms with Crippen LogP contribution in [0.5, 0.6) is 0 Å². The van der Waals surface area contributed by atoms with Crippen molar-refractivity contribution in [3.8, 4) is 0 Å². The average molecular weight is 242 g/mol. The lowest BCUT2D eigenvalue weighted by atomic mass is 10.2. The first kappa shape index (κ1) is 11.0. The van der Waals surface area contributed by atoms with Crippen LogP contribution in [0.2, 0.25) is 5.02 Å². The fraction of sp³-hybridized carbons (Fsp3) is 0.200. The highest BCUT2D eigenvalue weighted by molar-refractivity contribution is 6.30. The SMILES string of the molecule is OCc1ncnn1Cc1cc(Cl)ccc1F. The lowest BCUT2D eigenvalue weighted by molar-refractivity contribution is 0.263. The molecule has 0 aliphatic heterocycles. The Kier molecular flexibility index (Phi) is 3.17. The van der Waals surface area contributed by atoms with E-state index in [4.69, 9.17) is 16.7 Å². The topological polar surface area (TPSA) is 50.9 Å². The third-order valence-electron chi connectivity index (χ3n) is 2.17. The summed E-state index contributed by atoms with van der Waals surface area (Å²) in [6, 6.07) is 4.31. The summed E-state index contributed by atoms with van der Waals surface area (Å²) in [5.41, 5.74) is 0.410. The van der Waals surface area contributed by atoms with Crippen LogP contribution in [-0.2, 0) is 13.2 Å². The Morgan fingerprint density at radius 2 is 2.25 bits per heavy atom. The predicted molar refractivity (Wildman–Crippen MR) is 56.5 cm³/mol. The summed E-state index contributed by atoms with van der Waals surface area (Å²) >= 11 is 5.77. The molecule has 0 spiro atoms. The van der Waals surface area contributed by atoms with Gasteiger partial charge in [0.05, 0.1) is 6.54 Å². The zero-order valence-corrected chi connectivity index (χ0v) is 9.02. The largest absolute Gasteiger partial charge is 0.388 e. The van der Waals surface area contributed by atoms with Crippen molar-refractivity contribution in [3.63, 3.8) is 0 Å². The monoisotopic (exact) mass is 241 g/mol. The first-order chi connectivity index (χ1) is 7.70. The molecule has 0 aliphatic carbocycles. The number of halogens is 2. The molecule has 0 atom stereocenters. The standard InChI is InChI=1S/C10H9ClFN3O/c11-8-1-2-9(12)7(3-8)4-15-10(5-16)13-6-14-15/h1-3,6,16H,4-5H2. The molecule has 0 unspecified atom stereocenters. The molecule has 0 saturated carbocycles. The molecule has 1 aromatic heterocycles. The highest BCUT2D eigenvalue weighted by atomic mass is 35.5. The molecular weight excluding hydrogens is 233 g/mol. The van der Waals surface area contributed by atoms with Gasteiger partial charge in [-0.25, -0.2) is 14.1 Å². The Bertz CT molecular complexity index is 501. The van der Waals surface area contributed by atoms with E-state index < -0.39 is 0 Å². The van der Waals surface area contributed by atoms with Gasteiger partial charge in [-0.2, -0.15) is 5.10 Å². The molecule has 0 amide bonds. The minimum absolute atomic E-state index is 0.197. The molecular formula is C10H9ClFN3O. The summed E-state index contributed by atoms with van der Waals surface area (Å²) in [4.78, 5) is 3.83. The van der Waals surface area contributed by atoms with E-state index in [2.05, 4.69) is 10.1 Å². The Balaban J connectivity index is 2.30. The molecule has 1 N–H and O–H groups in total. The van der Waals surface area contributed by atoms with Crippen molar-refractivity contribution in [2.75, 3.05) is 0 Å². The predicted octanol–water partition coefficient (Wildman–Crippen LogP) is 1.61. The molecule has 16 heavy (non-hydrogen) atoms. The molecule has 6 heteroatoms. The average Bonchev–Trinajstić information content (AvgIpc) is 2.71. The van der Waals surface area contributed by atoms with Crippen molar-refractivity contribution < 1.29 is 9.50 Å². The number of benzene rings is 1. The minimum Gasteiger partial charge on any atom is -0.388 e. The van der Waals surface area contributed by atoms with Crippen LogP contribution >= 0.6 is 11.6 Å². The van der Waals surface area contributed by atoms with Gasteiger partial charge in [0.2, 0.25) is 0 Å². The second kappa shape index (κ2) is 4.59. The van der Waals surface area contributed by atoms with Gasteiger partial charge in [-0.15, -0.1) is 0 Å². The summed E-state index contributed by atoms with van der Waals surface area (Å²) in [5, 5.41) is 13.3. The van der Waals surface area contributed by atoms with E-state index in [0.29, 0.717) is 16.4 Å². The van der Waals surface area contributed by atoms with Crippen molar-refractivity contribution in [3.05, 3.63) is 46.8 Å². The maximum atomic E-state index is 13.4. The Hall–Kier alpha value is -1.46. The van der Waals surface area contributed by atoms with E-state index in [1.54, 1.807) is 0 Å². The molecule has 84 valence electrons. The first-order valence-electron chi connectivity index (χ1n) is 4.62. The normalized spacial score (nSPS) is 10.7. The van der Waals surface area contributed by atoms with Crippen molar-refractivity contribution >= 4 is 11.6 Å². The van der Waals surface area contributed by atoms with E-state index in [9.17, 15) is 4.39 Å². The van der Waals surface area contributed by atoms with Crippen LogP contribution in [0, 0.1) is 5.82 Å². The van der Waals surface area contributed by atoms with Gasteiger partial charge in [0, 0.05) is 10.6 Å². The summed E-state index contributed by atoms with van der Waals surface area (Å²) in [7, 11) is 0. The van der Waals surface area contributed by atoms with Crippen LogP contribution in [0.4, 0.5) is 4.39 Å². The molecule has 0 saturated heterocycles. The molecule has 1 heterocycles. The number of rotatable bonds is 3. The Morgan fingerprint density at radius 1 is 1.44 bits per heavy atom. The van der Waals surface area contributed by atoms with Gasteiger partial charge in [0.25, 0.3) is 0 Å². The molecule has 0 aliphatic rings. The van der Waals surface area contributed by atoms with Crippen LogP contribution in [0.1, 0.15) is 11.4 Å². The second-order valence-corrected chi connectivity index (χ2v) is 3.66. The van der Waals surface area contributed by atoms with Crippen LogP contribution in [-0.4, -0.2) is 19.9 Å². The summed E-state index contributed by atoms with van der Waals surface area (Å²) < 4.78 is 14.8. The van der Waals surface area contributed by atoms with Crippen molar-refractivity contribution in [1.29, 1.82) is 0 Å². The number of nitrogens with zero attached hydrogens (tertiary/aromatic N) is 3. The summed E-state index contributed by atoms with van der Waals surface area (Å²) in [6.07, 6.45) is 1.31. The lowest BCUT2D eigenvalue weighted by Crippen LogP contribution is -2.08. The van der Waals surface area contributed by atoms with Gasteiger partial charge in [-0.1, -0.05) is 11.6 Å². The molecule has 0 radical (unpaired) electrons. The molecule has 2 aromatic rings. The highest BCUT2D eigenvalue weighted by Crippen LogP contribution is 2.16. The number of hydrogen-bond acceptors (Lipinski definition) is 3. The third-order valence-corrected chi connectivity index (χ3v) is 2.40. The molecule has 0 bridgehead atoms. The van der Waals surface area contributed by atoms with Gasteiger partial charge >= 0.3 is 0 Å². The summed E-state index contributed by atoms with van der Waals surface area (Å²) in [5.74, 6) is 0.0307. The van der Waals surface area contributed by atoms with E-state index in [1.165, 1.54) is 29.2 Å². The minimum atomic E-state index is -0.358. The fourth-order valence-corrected chi connectivity index (χ4v) is 1.56. The number of aromatic nitrogens is 3. The molecule has 0 fully saturated rings. The van der Waals surface area contributed by atoms with Crippen LogP contribution in [0.25, 0.3) is 0 Å². The van der Waals surface area contributed by atoms with E-state index in [-0.39, 0.29) is 19.0 Å². The van der Waals surface area contributed by atoms with Crippen LogP contribution in [0.3, 0.4) is 0 Å². The van der Waals surface area contributed by atoms with Gasteiger partial charge in [-0.05, 0) is 18.2 Å². The molecule has 1 aromatic carbocycles. The van der Waals surface area contributed by atoms with Gasteiger partial charge < -0.3 is 5.11 Å². The highest BCUT2D eigenvalue weighted by Gasteiger charge is 2.07. The van der Waals surface area contributed by atoms with Crippen molar-refractivity contribution in [1.82, 2.24) is 14.8 Å². The third kappa shape index (κ3) is 2.20. The smallest absolute Gasteiger partial charge is 0.152 e. The van der Waals surface area contributed by atoms with Crippen molar-refractivity contribution in [2.24, 2.45) is 0 Å². The van der Waals surface area contributed by atoms with E-state index in [1.807, 2.05) is 0 Å².